The Balaban J connectivity index is 1.35. The zero-order chi connectivity index (χ0) is 27.9. The molecule has 0 bridgehead atoms. The number of piperazine rings is 1. The molecule has 9 heteroatoms. The summed E-state index contributed by atoms with van der Waals surface area (Å²) in [4.78, 5) is 29.5. The van der Waals surface area contributed by atoms with Gasteiger partial charge in [-0.3, -0.25) is 9.69 Å². The monoisotopic (exact) mass is 552 g/mol. The molecule has 8 nitrogen and oxygen atoms in total. The summed E-state index contributed by atoms with van der Waals surface area (Å²) in [5.74, 6) is 2.15. The van der Waals surface area contributed by atoms with Crippen molar-refractivity contribution in [1.29, 1.82) is 0 Å². The number of hydrogen-bond acceptors (Lipinski definition) is 7. The lowest BCUT2D eigenvalue weighted by Crippen LogP contribution is -2.58. The maximum Gasteiger partial charge on any atom is 0.253 e. The van der Waals surface area contributed by atoms with Crippen molar-refractivity contribution in [3.05, 3.63) is 71.0 Å². The third-order valence-electron chi connectivity index (χ3n) is 7.66. The van der Waals surface area contributed by atoms with Gasteiger partial charge in [0.2, 0.25) is 0 Å². The van der Waals surface area contributed by atoms with E-state index in [0.29, 0.717) is 40.0 Å². The van der Waals surface area contributed by atoms with E-state index in [1.165, 1.54) is 0 Å². The van der Waals surface area contributed by atoms with Gasteiger partial charge in [0.25, 0.3) is 5.91 Å². The second-order valence-electron chi connectivity index (χ2n) is 10.1. The largest absolute Gasteiger partial charge is 0.440 e. The predicted molar refractivity (Wildman–Crippen MR) is 158 cm³/mol. The smallest absolute Gasteiger partial charge is 0.253 e. The molecular weight excluding hydrogens is 512 g/mol. The van der Waals surface area contributed by atoms with Crippen LogP contribution in [-0.4, -0.2) is 77.0 Å². The summed E-state index contributed by atoms with van der Waals surface area (Å²) in [5.41, 5.74) is 2.22. The number of nitrogens with zero attached hydrogens (tertiary/aromatic N) is 5. The van der Waals surface area contributed by atoms with Crippen LogP contribution < -0.4 is 10.2 Å². The average molecular weight is 553 g/mol. The van der Waals surface area contributed by atoms with Crippen LogP contribution in [0.1, 0.15) is 61.8 Å². The molecule has 2 fully saturated rings. The standard InChI is InChI=1S/C30H41ClN6O2/c1-6-25-20-36(29-21(4)34-27(19-33-29)22(5)39-28(7-2)32-8-3)17-18-37(25)26-13-15-35(16-14-26)30(38)23-9-11-24(31)12-10-23/h7,9-12,19,25-26,32H,5-6,8,13-18,20H2,1-4H3/b28-7-. The van der Waals surface area contributed by atoms with E-state index in [-0.39, 0.29) is 5.91 Å². The molecule has 1 amide bonds. The first-order chi connectivity index (χ1) is 18.8. The van der Waals surface area contributed by atoms with E-state index >= 15 is 0 Å². The van der Waals surface area contributed by atoms with Crippen LogP contribution in [0, 0.1) is 6.92 Å². The van der Waals surface area contributed by atoms with E-state index in [0.717, 1.165) is 70.0 Å². The first kappa shape index (κ1) is 28.9. The van der Waals surface area contributed by atoms with Crippen molar-refractivity contribution in [3.8, 4) is 0 Å². The van der Waals surface area contributed by atoms with Gasteiger partial charge in [-0.15, -0.1) is 0 Å². The van der Waals surface area contributed by atoms with Crippen molar-refractivity contribution in [3.63, 3.8) is 0 Å². The van der Waals surface area contributed by atoms with E-state index in [9.17, 15) is 4.79 Å². The van der Waals surface area contributed by atoms with Crippen LogP contribution in [0.4, 0.5) is 5.82 Å². The van der Waals surface area contributed by atoms with Crippen LogP contribution in [0.15, 0.2) is 49.0 Å². The van der Waals surface area contributed by atoms with Gasteiger partial charge in [0.15, 0.2) is 5.88 Å². The minimum absolute atomic E-state index is 0.0936. The molecule has 0 radical (unpaired) electrons. The molecule has 4 rings (SSSR count). The minimum atomic E-state index is 0.0936. The van der Waals surface area contributed by atoms with E-state index in [1.807, 2.05) is 43.9 Å². The van der Waals surface area contributed by atoms with Crippen LogP contribution in [0.2, 0.25) is 5.02 Å². The summed E-state index contributed by atoms with van der Waals surface area (Å²) in [7, 11) is 0. The fourth-order valence-electron chi connectivity index (χ4n) is 5.56. The van der Waals surface area contributed by atoms with Crippen LogP contribution in [0.25, 0.3) is 5.76 Å². The van der Waals surface area contributed by atoms with Gasteiger partial charge in [0.05, 0.1) is 11.9 Å². The number of likely N-dealkylation sites (tertiary alicyclic amines) is 1. The third kappa shape index (κ3) is 6.92. The zero-order valence-corrected chi connectivity index (χ0v) is 24.4. The number of aromatic nitrogens is 2. The minimum Gasteiger partial charge on any atom is -0.440 e. The molecule has 1 aromatic carbocycles. The molecule has 2 aromatic rings. The molecule has 210 valence electrons. The molecule has 0 spiro atoms. The number of hydrogen-bond donors (Lipinski definition) is 1. The van der Waals surface area contributed by atoms with Crippen molar-refractivity contribution < 1.29 is 9.53 Å². The topological polar surface area (TPSA) is 73.8 Å². The molecule has 2 aliphatic rings. The van der Waals surface area contributed by atoms with Crippen LogP contribution in [-0.2, 0) is 4.74 Å². The Hall–Kier alpha value is -3.10. The molecule has 2 aliphatic heterocycles. The first-order valence-electron chi connectivity index (χ1n) is 14.0. The quantitative estimate of drug-likeness (QED) is 0.434. The maximum absolute atomic E-state index is 12.9. The summed E-state index contributed by atoms with van der Waals surface area (Å²) in [6, 6.07) is 8.10. The normalized spacial score (nSPS) is 19.2. The zero-order valence-electron chi connectivity index (χ0n) is 23.6. The Morgan fingerprint density at radius 3 is 2.51 bits per heavy atom. The second kappa shape index (κ2) is 13.3. The molecular formula is C30H41ClN6O2. The molecule has 1 atom stereocenters. The van der Waals surface area contributed by atoms with Gasteiger partial charge in [-0.1, -0.05) is 25.1 Å². The number of carbonyl (C=O) groups excluding carboxylic acids is 1. The lowest BCUT2D eigenvalue weighted by atomic mass is 9.97. The summed E-state index contributed by atoms with van der Waals surface area (Å²) >= 11 is 5.99. The van der Waals surface area contributed by atoms with Gasteiger partial charge in [0, 0.05) is 61.9 Å². The number of anilines is 1. The van der Waals surface area contributed by atoms with E-state index in [1.54, 1.807) is 18.3 Å². The Labute approximate surface area is 237 Å². The van der Waals surface area contributed by atoms with Gasteiger partial charge in [-0.2, -0.15) is 0 Å². The predicted octanol–water partition coefficient (Wildman–Crippen LogP) is 5.10. The molecule has 1 unspecified atom stereocenters. The third-order valence-corrected chi connectivity index (χ3v) is 7.92. The Morgan fingerprint density at radius 1 is 1.18 bits per heavy atom. The van der Waals surface area contributed by atoms with Crippen molar-refractivity contribution in [1.82, 2.24) is 25.1 Å². The molecule has 39 heavy (non-hydrogen) atoms. The van der Waals surface area contributed by atoms with E-state index in [4.69, 9.17) is 26.3 Å². The van der Waals surface area contributed by atoms with Gasteiger partial charge < -0.3 is 19.9 Å². The number of benzene rings is 1. The van der Waals surface area contributed by atoms with Crippen LogP contribution in [0.5, 0.6) is 0 Å². The van der Waals surface area contributed by atoms with Crippen molar-refractivity contribution in [2.24, 2.45) is 0 Å². The second-order valence-corrected chi connectivity index (χ2v) is 10.6. The molecule has 1 N–H and O–H groups in total. The number of allylic oxidation sites excluding steroid dienone is 1. The maximum atomic E-state index is 12.9. The Kier molecular flexibility index (Phi) is 9.86. The summed E-state index contributed by atoms with van der Waals surface area (Å²) < 4.78 is 5.84. The highest BCUT2D eigenvalue weighted by atomic mass is 35.5. The number of aryl methyl sites for hydroxylation is 1. The number of nitrogens with one attached hydrogen (secondary N) is 1. The average Bonchev–Trinajstić information content (AvgIpc) is 2.96. The number of ether oxygens (including phenoxy) is 1. The highest BCUT2D eigenvalue weighted by Gasteiger charge is 2.35. The molecule has 2 saturated heterocycles. The lowest BCUT2D eigenvalue weighted by molar-refractivity contribution is 0.0490. The Bertz CT molecular complexity index is 1180. The highest BCUT2D eigenvalue weighted by molar-refractivity contribution is 6.30. The number of piperidine rings is 1. The van der Waals surface area contributed by atoms with Crippen LogP contribution in [0.3, 0.4) is 0 Å². The van der Waals surface area contributed by atoms with E-state index in [2.05, 4.69) is 28.6 Å². The SMILES string of the molecule is C=C(O/C(=C\C)NCC)c1cnc(N2CCN(C3CCN(C(=O)c4ccc(Cl)cc4)CC3)C(CC)C2)c(C)n1. The Morgan fingerprint density at radius 2 is 1.90 bits per heavy atom. The van der Waals surface area contributed by atoms with Gasteiger partial charge >= 0.3 is 0 Å². The van der Waals surface area contributed by atoms with Gasteiger partial charge in [-0.25, -0.2) is 9.97 Å². The molecule has 0 aliphatic carbocycles. The number of halogens is 1. The number of amides is 1. The van der Waals surface area contributed by atoms with Gasteiger partial charge in [-0.05, 0) is 70.4 Å². The summed E-state index contributed by atoms with van der Waals surface area (Å²) in [6.07, 6.45) is 6.67. The fourth-order valence-corrected chi connectivity index (χ4v) is 5.68. The van der Waals surface area contributed by atoms with Crippen LogP contribution >= 0.6 is 11.6 Å². The van der Waals surface area contributed by atoms with Gasteiger partial charge in [0.1, 0.15) is 17.3 Å². The highest BCUT2D eigenvalue weighted by Crippen LogP contribution is 2.28. The molecule has 3 heterocycles. The molecule has 1 aromatic heterocycles. The van der Waals surface area contributed by atoms with Crippen molar-refractivity contribution >= 4 is 29.1 Å². The fraction of sp³-hybridized carbons (Fsp3) is 0.500. The summed E-state index contributed by atoms with van der Waals surface area (Å²) in [5, 5.41) is 3.81. The van der Waals surface area contributed by atoms with Crippen molar-refractivity contribution in [2.45, 2.75) is 59.0 Å². The van der Waals surface area contributed by atoms with E-state index < -0.39 is 0 Å². The summed E-state index contributed by atoms with van der Waals surface area (Å²) in [6.45, 7) is 17.3. The number of carbonyl (C=O) groups is 1. The number of rotatable bonds is 9. The molecule has 0 saturated carbocycles. The lowest BCUT2D eigenvalue weighted by Gasteiger charge is -2.47. The van der Waals surface area contributed by atoms with Crippen molar-refractivity contribution in [2.75, 3.05) is 44.2 Å². The first-order valence-corrected chi connectivity index (χ1v) is 14.4.